The van der Waals surface area contributed by atoms with Crippen LogP contribution >= 0.6 is 0 Å². The van der Waals surface area contributed by atoms with E-state index in [0.717, 1.165) is 51.2 Å². The molecule has 0 bridgehead atoms. The van der Waals surface area contributed by atoms with Gasteiger partial charge in [-0.25, -0.2) is 0 Å². The first-order valence-corrected chi connectivity index (χ1v) is 6.96. The summed E-state index contributed by atoms with van der Waals surface area (Å²) in [5.74, 6) is 0.270. The third-order valence-corrected chi connectivity index (χ3v) is 3.70. The van der Waals surface area contributed by atoms with Crippen LogP contribution in [0.4, 0.5) is 0 Å². The minimum Gasteiger partial charge on any atom is -0.399 e. The van der Waals surface area contributed by atoms with Gasteiger partial charge in [0.1, 0.15) is 7.11 Å². The average Bonchev–Trinajstić information content (AvgIpc) is 2.80. The Kier molecular flexibility index (Phi) is 4.96. The maximum Gasteiger partial charge on any atom is 0.222 e. The molecule has 5 nitrogen and oxygen atoms in total. The molecule has 2 heterocycles. The molecule has 0 aliphatic carbocycles. The largest absolute Gasteiger partial charge is 0.399 e. The highest BCUT2D eigenvalue weighted by molar-refractivity contribution is 6.00. The van der Waals surface area contributed by atoms with Crippen molar-refractivity contribution < 1.29 is 9.63 Å². The van der Waals surface area contributed by atoms with Crippen molar-refractivity contribution in [2.24, 2.45) is 5.16 Å². The SMILES string of the molecule is CON=C(CCN1CCCC1=O)C1=CCCN(C)C1. The fourth-order valence-electron chi connectivity index (χ4n) is 2.66. The Morgan fingerprint density at radius 3 is 2.95 bits per heavy atom. The number of hydrogen-bond donors (Lipinski definition) is 0. The smallest absolute Gasteiger partial charge is 0.222 e. The van der Waals surface area contributed by atoms with Crippen LogP contribution in [0.5, 0.6) is 0 Å². The minimum absolute atomic E-state index is 0.270. The monoisotopic (exact) mass is 265 g/mol. The lowest BCUT2D eigenvalue weighted by atomic mass is 10.0. The average molecular weight is 265 g/mol. The molecule has 0 spiro atoms. The molecule has 0 N–H and O–H groups in total. The molecular weight excluding hydrogens is 242 g/mol. The van der Waals surface area contributed by atoms with Gasteiger partial charge < -0.3 is 14.6 Å². The van der Waals surface area contributed by atoms with Crippen LogP contribution in [0.1, 0.15) is 25.7 Å². The van der Waals surface area contributed by atoms with Gasteiger partial charge in [0, 0.05) is 39.0 Å². The lowest BCUT2D eigenvalue weighted by Crippen LogP contribution is -2.31. The molecule has 2 aliphatic rings. The Morgan fingerprint density at radius 2 is 2.32 bits per heavy atom. The summed E-state index contributed by atoms with van der Waals surface area (Å²) in [5.41, 5.74) is 2.22. The number of likely N-dealkylation sites (tertiary alicyclic amines) is 1. The normalized spacial score (nSPS) is 21.8. The highest BCUT2D eigenvalue weighted by atomic mass is 16.6. The third kappa shape index (κ3) is 3.80. The molecule has 1 amide bonds. The topological polar surface area (TPSA) is 45.1 Å². The number of oxime groups is 1. The van der Waals surface area contributed by atoms with E-state index in [1.54, 1.807) is 7.11 Å². The van der Waals surface area contributed by atoms with Gasteiger partial charge in [-0.05, 0) is 25.5 Å². The molecule has 2 aliphatic heterocycles. The lowest BCUT2D eigenvalue weighted by Gasteiger charge is -2.24. The maximum absolute atomic E-state index is 11.6. The highest BCUT2D eigenvalue weighted by Gasteiger charge is 2.21. The van der Waals surface area contributed by atoms with Crippen molar-refractivity contribution in [3.05, 3.63) is 11.6 Å². The second-order valence-electron chi connectivity index (χ2n) is 5.21. The van der Waals surface area contributed by atoms with Gasteiger partial charge in [0.25, 0.3) is 0 Å². The van der Waals surface area contributed by atoms with Crippen LogP contribution in [0, 0.1) is 0 Å². The zero-order chi connectivity index (χ0) is 13.7. The van der Waals surface area contributed by atoms with E-state index in [-0.39, 0.29) is 5.91 Å². The Labute approximate surface area is 114 Å². The van der Waals surface area contributed by atoms with Crippen LogP contribution in [0.3, 0.4) is 0 Å². The van der Waals surface area contributed by atoms with E-state index in [0.29, 0.717) is 6.42 Å². The first-order valence-electron chi connectivity index (χ1n) is 6.96. The molecule has 0 aromatic carbocycles. The van der Waals surface area contributed by atoms with E-state index >= 15 is 0 Å². The van der Waals surface area contributed by atoms with Crippen molar-refractivity contribution in [3.63, 3.8) is 0 Å². The number of nitrogens with zero attached hydrogens (tertiary/aromatic N) is 3. The van der Waals surface area contributed by atoms with Gasteiger partial charge in [-0.3, -0.25) is 4.79 Å². The van der Waals surface area contributed by atoms with E-state index in [1.165, 1.54) is 5.57 Å². The summed E-state index contributed by atoms with van der Waals surface area (Å²) < 4.78 is 0. The molecule has 106 valence electrons. The molecule has 2 rings (SSSR count). The molecule has 0 atom stereocenters. The molecule has 0 saturated carbocycles. The van der Waals surface area contributed by atoms with Crippen LogP contribution in [0.25, 0.3) is 0 Å². The van der Waals surface area contributed by atoms with Crippen LogP contribution < -0.4 is 0 Å². The summed E-state index contributed by atoms with van der Waals surface area (Å²) in [6, 6.07) is 0. The molecule has 19 heavy (non-hydrogen) atoms. The predicted octanol–water partition coefficient (Wildman–Crippen LogP) is 1.26. The van der Waals surface area contributed by atoms with Gasteiger partial charge in [-0.1, -0.05) is 11.2 Å². The summed E-state index contributed by atoms with van der Waals surface area (Å²) in [7, 11) is 3.69. The maximum atomic E-state index is 11.6. The Morgan fingerprint density at radius 1 is 1.47 bits per heavy atom. The standard InChI is InChI=1S/C14H23N3O2/c1-16-8-3-5-12(11-16)13(15-19-2)7-10-17-9-4-6-14(17)18/h5H,3-4,6-11H2,1-2H3. The van der Waals surface area contributed by atoms with Gasteiger partial charge in [0.2, 0.25) is 5.91 Å². The van der Waals surface area contributed by atoms with Crippen molar-refractivity contribution in [3.8, 4) is 0 Å². The van der Waals surface area contributed by atoms with Gasteiger partial charge in [0.15, 0.2) is 0 Å². The zero-order valence-electron chi connectivity index (χ0n) is 11.9. The molecule has 0 radical (unpaired) electrons. The summed E-state index contributed by atoms with van der Waals surface area (Å²) in [5, 5.41) is 4.15. The summed E-state index contributed by atoms with van der Waals surface area (Å²) in [4.78, 5) is 20.8. The summed E-state index contributed by atoms with van der Waals surface area (Å²) in [6.07, 6.45) is 5.75. The zero-order valence-corrected chi connectivity index (χ0v) is 11.9. The number of rotatable bonds is 5. The Hall–Kier alpha value is -1.36. The predicted molar refractivity (Wildman–Crippen MR) is 75.1 cm³/mol. The number of hydrogen-bond acceptors (Lipinski definition) is 4. The van der Waals surface area contributed by atoms with Crippen molar-refractivity contribution >= 4 is 11.6 Å². The number of likely N-dealkylation sites (N-methyl/N-ethyl adjacent to an activating group) is 1. The van der Waals surface area contributed by atoms with E-state index in [2.05, 4.69) is 23.2 Å². The van der Waals surface area contributed by atoms with Crippen molar-refractivity contribution in [2.75, 3.05) is 40.3 Å². The van der Waals surface area contributed by atoms with Crippen LogP contribution in [0.2, 0.25) is 0 Å². The highest BCUT2D eigenvalue weighted by Crippen LogP contribution is 2.15. The molecular formula is C14H23N3O2. The second-order valence-corrected chi connectivity index (χ2v) is 5.21. The quantitative estimate of drug-likeness (QED) is 0.555. The first-order chi connectivity index (χ1) is 9.20. The lowest BCUT2D eigenvalue weighted by molar-refractivity contribution is -0.127. The van der Waals surface area contributed by atoms with Gasteiger partial charge in [-0.15, -0.1) is 0 Å². The molecule has 5 heteroatoms. The van der Waals surface area contributed by atoms with Crippen molar-refractivity contribution in [1.82, 2.24) is 9.80 Å². The van der Waals surface area contributed by atoms with E-state index < -0.39 is 0 Å². The molecule has 0 unspecified atom stereocenters. The van der Waals surface area contributed by atoms with Crippen molar-refractivity contribution in [2.45, 2.75) is 25.7 Å². The van der Waals surface area contributed by atoms with Gasteiger partial charge in [-0.2, -0.15) is 0 Å². The van der Waals surface area contributed by atoms with Crippen molar-refractivity contribution in [1.29, 1.82) is 0 Å². The number of carbonyl (C=O) groups excluding carboxylic acids is 1. The van der Waals surface area contributed by atoms with Crippen LogP contribution in [-0.4, -0.2) is 61.8 Å². The molecule has 0 aromatic heterocycles. The van der Waals surface area contributed by atoms with E-state index in [4.69, 9.17) is 4.84 Å². The van der Waals surface area contributed by atoms with Crippen LogP contribution in [-0.2, 0) is 9.63 Å². The van der Waals surface area contributed by atoms with E-state index in [1.807, 2.05) is 4.90 Å². The Bertz CT molecular complexity index is 390. The fourth-order valence-corrected chi connectivity index (χ4v) is 2.66. The first kappa shape index (κ1) is 14.1. The van der Waals surface area contributed by atoms with Gasteiger partial charge in [0.05, 0.1) is 5.71 Å². The summed E-state index contributed by atoms with van der Waals surface area (Å²) in [6.45, 7) is 3.64. The molecule has 1 saturated heterocycles. The minimum atomic E-state index is 0.270. The van der Waals surface area contributed by atoms with Crippen LogP contribution in [0.15, 0.2) is 16.8 Å². The van der Waals surface area contributed by atoms with Gasteiger partial charge >= 0.3 is 0 Å². The van der Waals surface area contributed by atoms with E-state index in [9.17, 15) is 4.79 Å². The molecule has 1 fully saturated rings. The molecule has 0 aromatic rings. The number of carbonyl (C=O) groups is 1. The summed E-state index contributed by atoms with van der Waals surface area (Å²) >= 11 is 0. The fraction of sp³-hybridized carbons (Fsp3) is 0.714. The number of amides is 1. The Balaban J connectivity index is 1.95. The second kappa shape index (κ2) is 6.70. The third-order valence-electron chi connectivity index (χ3n) is 3.70.